The minimum absolute atomic E-state index is 0. The van der Waals surface area contributed by atoms with E-state index in [4.69, 9.17) is 5.73 Å². The number of carbonyl (C=O) groups excluding carboxylic acids is 2. The zero-order chi connectivity index (χ0) is 18.9. The number of likely N-dealkylation sites (tertiary alicyclic amines) is 1. The highest BCUT2D eigenvalue weighted by molar-refractivity contribution is 5.95. The molecule has 6 nitrogen and oxygen atoms in total. The summed E-state index contributed by atoms with van der Waals surface area (Å²) in [5, 5.41) is 5.36. The van der Waals surface area contributed by atoms with Crippen LogP contribution in [-0.2, 0) is 16.0 Å². The number of nitrogens with one attached hydrogen (secondary N) is 2. The monoisotopic (exact) mass is 432 g/mol. The summed E-state index contributed by atoms with van der Waals surface area (Å²) in [6.07, 6.45) is 5.00. The molecular weight excluding hydrogens is 399 g/mol. The summed E-state index contributed by atoms with van der Waals surface area (Å²) < 4.78 is 0. The SMILES string of the molecule is CC(C)[C@H](N)C(=O)NCC(=O)Nc1ccc(CCN2CCCCC2)cc1.Cl.Cl. The van der Waals surface area contributed by atoms with Crippen LogP contribution in [0.15, 0.2) is 24.3 Å². The van der Waals surface area contributed by atoms with E-state index in [1.807, 2.05) is 38.1 Å². The summed E-state index contributed by atoms with van der Waals surface area (Å²) in [7, 11) is 0. The minimum atomic E-state index is -0.595. The van der Waals surface area contributed by atoms with Crippen molar-refractivity contribution in [2.75, 3.05) is 31.5 Å². The molecule has 0 aromatic heterocycles. The predicted molar refractivity (Wildman–Crippen MR) is 119 cm³/mol. The summed E-state index contributed by atoms with van der Waals surface area (Å²) in [5.74, 6) is -0.519. The summed E-state index contributed by atoms with van der Waals surface area (Å²) in [6, 6.07) is 7.32. The van der Waals surface area contributed by atoms with E-state index in [0.29, 0.717) is 0 Å². The topological polar surface area (TPSA) is 87.5 Å². The summed E-state index contributed by atoms with van der Waals surface area (Å²) in [6.45, 7) is 7.18. The first kappa shape index (κ1) is 26.7. The van der Waals surface area contributed by atoms with Crippen molar-refractivity contribution < 1.29 is 9.59 Å². The van der Waals surface area contributed by atoms with Crippen LogP contribution >= 0.6 is 24.8 Å². The molecule has 0 unspecified atom stereocenters. The second-order valence-corrected chi connectivity index (χ2v) is 7.39. The molecule has 28 heavy (non-hydrogen) atoms. The zero-order valence-corrected chi connectivity index (χ0v) is 18.4. The molecule has 0 radical (unpaired) electrons. The van der Waals surface area contributed by atoms with Crippen molar-refractivity contribution in [1.82, 2.24) is 10.2 Å². The van der Waals surface area contributed by atoms with Gasteiger partial charge in [0.2, 0.25) is 11.8 Å². The Labute approximate surface area is 180 Å². The number of carbonyl (C=O) groups is 2. The number of rotatable bonds is 8. The lowest BCUT2D eigenvalue weighted by Gasteiger charge is -2.26. The highest BCUT2D eigenvalue weighted by Crippen LogP contribution is 2.13. The van der Waals surface area contributed by atoms with Gasteiger partial charge < -0.3 is 21.3 Å². The number of nitrogens with two attached hydrogens (primary N) is 1. The Morgan fingerprint density at radius 1 is 1.07 bits per heavy atom. The lowest BCUT2D eigenvalue weighted by molar-refractivity contribution is -0.125. The standard InChI is InChI=1S/C20H32N4O2.2ClH/c1-15(2)19(21)20(26)22-14-18(25)23-17-8-6-16(7-9-17)10-13-24-11-4-3-5-12-24;;/h6-9,15,19H,3-5,10-14,21H2,1-2H3,(H,22,26)(H,23,25);2*1H/t19-;;/m0../s1. The molecule has 0 aliphatic carbocycles. The average Bonchev–Trinajstić information content (AvgIpc) is 2.65. The number of hydrogen-bond donors (Lipinski definition) is 3. The van der Waals surface area contributed by atoms with Gasteiger partial charge in [-0.3, -0.25) is 9.59 Å². The second-order valence-electron chi connectivity index (χ2n) is 7.39. The van der Waals surface area contributed by atoms with E-state index in [2.05, 4.69) is 15.5 Å². The van der Waals surface area contributed by atoms with Crippen molar-refractivity contribution in [3.05, 3.63) is 29.8 Å². The summed E-state index contributed by atoms with van der Waals surface area (Å²) in [5.41, 5.74) is 7.75. The van der Waals surface area contributed by atoms with Crippen LogP contribution in [0.4, 0.5) is 5.69 Å². The van der Waals surface area contributed by atoms with Crippen molar-refractivity contribution in [1.29, 1.82) is 0 Å². The fraction of sp³-hybridized carbons (Fsp3) is 0.600. The molecule has 2 amide bonds. The van der Waals surface area contributed by atoms with Crippen LogP contribution in [0.5, 0.6) is 0 Å². The normalized spacial score (nSPS) is 15.1. The largest absolute Gasteiger partial charge is 0.346 e. The summed E-state index contributed by atoms with van der Waals surface area (Å²) >= 11 is 0. The fourth-order valence-corrected chi connectivity index (χ4v) is 3.02. The van der Waals surface area contributed by atoms with Gasteiger partial charge in [0.05, 0.1) is 12.6 Å². The highest BCUT2D eigenvalue weighted by atomic mass is 35.5. The van der Waals surface area contributed by atoms with Gasteiger partial charge in [-0.2, -0.15) is 0 Å². The van der Waals surface area contributed by atoms with Crippen LogP contribution in [0.1, 0.15) is 38.7 Å². The Morgan fingerprint density at radius 2 is 1.68 bits per heavy atom. The van der Waals surface area contributed by atoms with Crippen LogP contribution < -0.4 is 16.4 Å². The highest BCUT2D eigenvalue weighted by Gasteiger charge is 2.17. The van der Waals surface area contributed by atoms with E-state index in [1.54, 1.807) is 0 Å². The summed E-state index contributed by atoms with van der Waals surface area (Å²) in [4.78, 5) is 26.2. The van der Waals surface area contributed by atoms with Gasteiger partial charge in [0.25, 0.3) is 0 Å². The predicted octanol–water partition coefficient (Wildman–Crippen LogP) is 2.60. The van der Waals surface area contributed by atoms with Crippen LogP contribution in [0.2, 0.25) is 0 Å². The third-order valence-corrected chi connectivity index (χ3v) is 4.85. The lowest BCUT2D eigenvalue weighted by Crippen LogP contribution is -2.46. The number of piperidine rings is 1. The zero-order valence-electron chi connectivity index (χ0n) is 16.8. The van der Waals surface area contributed by atoms with Gasteiger partial charge in [-0.05, 0) is 56.0 Å². The average molecular weight is 433 g/mol. The van der Waals surface area contributed by atoms with Crippen molar-refractivity contribution >= 4 is 42.3 Å². The van der Waals surface area contributed by atoms with Gasteiger partial charge >= 0.3 is 0 Å². The number of anilines is 1. The third kappa shape index (κ3) is 9.24. The molecule has 1 aliphatic heterocycles. The van der Waals surface area contributed by atoms with Gasteiger partial charge in [0, 0.05) is 12.2 Å². The number of hydrogen-bond acceptors (Lipinski definition) is 4. The Kier molecular flexibility index (Phi) is 13.1. The van der Waals surface area contributed by atoms with Gasteiger partial charge in [-0.1, -0.05) is 32.4 Å². The maximum atomic E-state index is 12.0. The maximum Gasteiger partial charge on any atom is 0.243 e. The molecule has 0 bridgehead atoms. The van der Waals surface area contributed by atoms with E-state index in [-0.39, 0.29) is 49.1 Å². The van der Waals surface area contributed by atoms with Crippen LogP contribution in [0.25, 0.3) is 0 Å². The molecule has 1 saturated heterocycles. The first-order chi connectivity index (χ1) is 12.5. The molecule has 160 valence electrons. The first-order valence-electron chi connectivity index (χ1n) is 9.60. The van der Waals surface area contributed by atoms with E-state index in [9.17, 15) is 9.59 Å². The van der Waals surface area contributed by atoms with E-state index in [1.165, 1.54) is 37.9 Å². The quantitative estimate of drug-likeness (QED) is 0.588. The van der Waals surface area contributed by atoms with E-state index < -0.39 is 6.04 Å². The molecule has 0 saturated carbocycles. The van der Waals surface area contributed by atoms with Gasteiger partial charge in [0.15, 0.2) is 0 Å². The maximum absolute atomic E-state index is 12.0. The molecular formula is C20H34Cl2N4O2. The molecule has 0 spiro atoms. The first-order valence-corrected chi connectivity index (χ1v) is 9.60. The molecule has 8 heteroatoms. The smallest absolute Gasteiger partial charge is 0.243 e. The van der Waals surface area contributed by atoms with Gasteiger partial charge in [-0.25, -0.2) is 0 Å². The fourth-order valence-electron chi connectivity index (χ4n) is 3.02. The second kappa shape index (κ2) is 13.8. The molecule has 1 aliphatic rings. The minimum Gasteiger partial charge on any atom is -0.346 e. The molecule has 1 atom stereocenters. The molecule has 2 rings (SSSR count). The van der Waals surface area contributed by atoms with Crippen molar-refractivity contribution in [3.8, 4) is 0 Å². The number of nitrogens with zero attached hydrogens (tertiary/aromatic N) is 1. The third-order valence-electron chi connectivity index (χ3n) is 4.85. The van der Waals surface area contributed by atoms with Gasteiger partial charge in [0.1, 0.15) is 0 Å². The lowest BCUT2D eigenvalue weighted by atomic mass is 10.1. The molecule has 1 fully saturated rings. The van der Waals surface area contributed by atoms with E-state index in [0.717, 1.165) is 18.7 Å². The Bertz CT molecular complexity index is 590. The molecule has 1 aromatic carbocycles. The number of amides is 2. The van der Waals surface area contributed by atoms with Crippen LogP contribution in [0, 0.1) is 5.92 Å². The number of benzene rings is 1. The van der Waals surface area contributed by atoms with Gasteiger partial charge in [-0.15, -0.1) is 24.8 Å². The van der Waals surface area contributed by atoms with Crippen LogP contribution in [-0.4, -0.2) is 48.9 Å². The Balaban J connectivity index is 0.00000364. The number of halogens is 2. The molecule has 1 aromatic rings. The van der Waals surface area contributed by atoms with E-state index >= 15 is 0 Å². The Morgan fingerprint density at radius 3 is 2.25 bits per heavy atom. The molecule has 4 N–H and O–H groups in total. The molecule has 1 heterocycles. The van der Waals surface area contributed by atoms with Crippen molar-refractivity contribution in [3.63, 3.8) is 0 Å². The van der Waals surface area contributed by atoms with Crippen LogP contribution in [0.3, 0.4) is 0 Å². The van der Waals surface area contributed by atoms with Crippen molar-refractivity contribution in [2.45, 2.75) is 45.6 Å². The van der Waals surface area contributed by atoms with Crippen molar-refractivity contribution in [2.24, 2.45) is 11.7 Å². The Hall–Kier alpha value is -1.34.